The summed E-state index contributed by atoms with van der Waals surface area (Å²) in [6, 6.07) is 8.24. The van der Waals surface area contributed by atoms with Gasteiger partial charge in [0.05, 0.1) is 5.60 Å². The van der Waals surface area contributed by atoms with E-state index in [2.05, 4.69) is 26.0 Å². The van der Waals surface area contributed by atoms with Gasteiger partial charge >= 0.3 is 0 Å². The molecule has 2 atom stereocenters. The summed E-state index contributed by atoms with van der Waals surface area (Å²) >= 11 is 0. The van der Waals surface area contributed by atoms with Crippen molar-refractivity contribution < 1.29 is 5.11 Å². The van der Waals surface area contributed by atoms with E-state index in [4.69, 9.17) is 0 Å². The van der Waals surface area contributed by atoms with E-state index in [1.54, 1.807) is 0 Å². The summed E-state index contributed by atoms with van der Waals surface area (Å²) in [6.45, 7) is 4.26. The van der Waals surface area contributed by atoms with E-state index in [0.29, 0.717) is 5.92 Å². The fourth-order valence-electron chi connectivity index (χ4n) is 2.79. The van der Waals surface area contributed by atoms with Gasteiger partial charge in [-0.25, -0.2) is 0 Å². The summed E-state index contributed by atoms with van der Waals surface area (Å²) in [5.74, 6) is 0.382. The summed E-state index contributed by atoms with van der Waals surface area (Å²) in [5, 5.41) is 10.8. The molecule has 82 valence electrons. The van der Waals surface area contributed by atoms with Gasteiger partial charge in [-0.05, 0) is 36.8 Å². The highest BCUT2D eigenvalue weighted by molar-refractivity contribution is 5.32. The molecule has 0 spiro atoms. The molecule has 1 aliphatic rings. The Kier molecular flexibility index (Phi) is 2.83. The van der Waals surface area contributed by atoms with Gasteiger partial charge in [-0.3, -0.25) is 0 Å². The third kappa shape index (κ3) is 1.81. The van der Waals surface area contributed by atoms with Crippen LogP contribution in [0.4, 0.5) is 0 Å². The van der Waals surface area contributed by atoms with Crippen molar-refractivity contribution in [1.82, 2.24) is 0 Å². The molecule has 0 radical (unpaired) electrons. The molecule has 0 bridgehead atoms. The van der Waals surface area contributed by atoms with Crippen LogP contribution in [-0.4, -0.2) is 5.11 Å². The molecule has 2 rings (SSSR count). The molecule has 1 aliphatic carbocycles. The van der Waals surface area contributed by atoms with Gasteiger partial charge < -0.3 is 5.11 Å². The smallest absolute Gasteiger partial charge is 0.0924 e. The normalized spacial score (nSPS) is 31.5. The predicted molar refractivity (Wildman–Crippen MR) is 62.7 cm³/mol. The molecular weight excluding hydrogens is 184 g/mol. The topological polar surface area (TPSA) is 20.2 Å². The number of hydrogen-bond acceptors (Lipinski definition) is 1. The van der Waals surface area contributed by atoms with Crippen LogP contribution in [0.15, 0.2) is 24.3 Å². The Hall–Kier alpha value is -0.820. The number of aliphatic hydroxyl groups is 1. The quantitative estimate of drug-likeness (QED) is 0.743. The molecule has 1 fully saturated rings. The average molecular weight is 204 g/mol. The second kappa shape index (κ2) is 3.97. The fraction of sp³-hybridized carbons (Fsp3) is 0.571. The third-order valence-electron chi connectivity index (χ3n) is 3.87. The minimum absolute atomic E-state index is 0.382. The first-order chi connectivity index (χ1) is 7.14. The van der Waals surface area contributed by atoms with Crippen LogP contribution in [0.2, 0.25) is 0 Å². The number of hydrogen-bond donors (Lipinski definition) is 1. The molecule has 0 aromatic heterocycles. The standard InChI is InChI=1S/C14H20O/c1-11-7-3-4-9-13(11)14(15)10-6-5-8-12(14)2/h3-4,7,9,12,15H,5-6,8,10H2,1-2H3. The van der Waals surface area contributed by atoms with E-state index in [1.165, 1.54) is 12.0 Å². The Bertz CT molecular complexity index is 345. The van der Waals surface area contributed by atoms with Crippen LogP contribution in [0, 0.1) is 12.8 Å². The van der Waals surface area contributed by atoms with Crippen molar-refractivity contribution >= 4 is 0 Å². The van der Waals surface area contributed by atoms with Crippen molar-refractivity contribution in [1.29, 1.82) is 0 Å². The van der Waals surface area contributed by atoms with Crippen molar-refractivity contribution in [3.63, 3.8) is 0 Å². The second-order valence-electron chi connectivity index (χ2n) is 4.89. The lowest BCUT2D eigenvalue weighted by Gasteiger charge is -2.39. The van der Waals surface area contributed by atoms with E-state index in [1.807, 2.05) is 12.1 Å². The Balaban J connectivity index is 2.39. The summed E-state index contributed by atoms with van der Waals surface area (Å²) < 4.78 is 0. The summed E-state index contributed by atoms with van der Waals surface area (Å²) in [5.41, 5.74) is 1.77. The van der Waals surface area contributed by atoms with Crippen molar-refractivity contribution in [2.45, 2.75) is 45.1 Å². The van der Waals surface area contributed by atoms with Crippen LogP contribution < -0.4 is 0 Å². The summed E-state index contributed by atoms with van der Waals surface area (Å²) in [7, 11) is 0. The van der Waals surface area contributed by atoms with E-state index in [-0.39, 0.29) is 0 Å². The zero-order valence-corrected chi connectivity index (χ0v) is 9.66. The molecule has 2 unspecified atom stereocenters. The first-order valence-electron chi connectivity index (χ1n) is 5.93. The molecule has 0 heterocycles. The van der Waals surface area contributed by atoms with Crippen molar-refractivity contribution in [3.8, 4) is 0 Å². The van der Waals surface area contributed by atoms with Crippen LogP contribution in [0.3, 0.4) is 0 Å². The lowest BCUT2D eigenvalue weighted by molar-refractivity contribution is -0.0474. The molecule has 1 aromatic rings. The average Bonchev–Trinajstić information content (AvgIpc) is 2.23. The van der Waals surface area contributed by atoms with Crippen LogP contribution >= 0.6 is 0 Å². The zero-order chi connectivity index (χ0) is 10.9. The molecule has 1 N–H and O–H groups in total. The summed E-state index contributed by atoms with van der Waals surface area (Å²) in [6.07, 6.45) is 4.47. The second-order valence-corrected chi connectivity index (χ2v) is 4.89. The SMILES string of the molecule is Cc1ccccc1C1(O)CCCCC1C. The maximum atomic E-state index is 10.8. The van der Waals surface area contributed by atoms with Crippen molar-refractivity contribution in [2.75, 3.05) is 0 Å². The maximum absolute atomic E-state index is 10.8. The van der Waals surface area contributed by atoms with E-state index >= 15 is 0 Å². The Morgan fingerprint density at radius 1 is 1.27 bits per heavy atom. The van der Waals surface area contributed by atoms with Gasteiger partial charge in [0.2, 0.25) is 0 Å². The van der Waals surface area contributed by atoms with Crippen LogP contribution in [-0.2, 0) is 5.60 Å². The van der Waals surface area contributed by atoms with Crippen LogP contribution in [0.1, 0.15) is 43.7 Å². The Morgan fingerprint density at radius 2 is 2.00 bits per heavy atom. The van der Waals surface area contributed by atoms with Gasteiger partial charge in [0.25, 0.3) is 0 Å². The van der Waals surface area contributed by atoms with Gasteiger partial charge in [0, 0.05) is 0 Å². The van der Waals surface area contributed by atoms with Gasteiger partial charge in [0.1, 0.15) is 0 Å². The highest BCUT2D eigenvalue weighted by Gasteiger charge is 2.38. The number of rotatable bonds is 1. The molecule has 15 heavy (non-hydrogen) atoms. The largest absolute Gasteiger partial charge is 0.385 e. The van der Waals surface area contributed by atoms with Gasteiger partial charge in [-0.1, -0.05) is 44.0 Å². The fourth-order valence-corrected chi connectivity index (χ4v) is 2.79. The Labute approximate surface area is 92.1 Å². The molecule has 1 saturated carbocycles. The lowest BCUT2D eigenvalue weighted by atomic mass is 9.71. The molecular formula is C14H20O. The molecule has 1 heteroatoms. The van der Waals surface area contributed by atoms with Crippen LogP contribution in [0.25, 0.3) is 0 Å². The highest BCUT2D eigenvalue weighted by Crippen LogP contribution is 2.42. The van der Waals surface area contributed by atoms with Crippen molar-refractivity contribution in [3.05, 3.63) is 35.4 Å². The van der Waals surface area contributed by atoms with E-state index in [0.717, 1.165) is 24.8 Å². The zero-order valence-electron chi connectivity index (χ0n) is 9.66. The van der Waals surface area contributed by atoms with E-state index in [9.17, 15) is 5.11 Å². The van der Waals surface area contributed by atoms with Crippen molar-refractivity contribution in [2.24, 2.45) is 5.92 Å². The highest BCUT2D eigenvalue weighted by atomic mass is 16.3. The minimum atomic E-state index is -0.580. The van der Waals surface area contributed by atoms with Crippen LogP contribution in [0.5, 0.6) is 0 Å². The maximum Gasteiger partial charge on any atom is 0.0924 e. The first kappa shape index (κ1) is 10.7. The van der Waals surface area contributed by atoms with E-state index < -0.39 is 5.60 Å². The molecule has 1 nitrogen and oxygen atoms in total. The predicted octanol–water partition coefficient (Wildman–Crippen LogP) is 3.39. The lowest BCUT2D eigenvalue weighted by Crippen LogP contribution is -2.36. The monoisotopic (exact) mass is 204 g/mol. The summed E-state index contributed by atoms with van der Waals surface area (Å²) in [4.78, 5) is 0. The first-order valence-corrected chi connectivity index (χ1v) is 5.93. The minimum Gasteiger partial charge on any atom is -0.385 e. The van der Waals surface area contributed by atoms with Gasteiger partial charge in [-0.15, -0.1) is 0 Å². The molecule has 0 saturated heterocycles. The Morgan fingerprint density at radius 3 is 2.67 bits per heavy atom. The molecule has 1 aromatic carbocycles. The molecule has 0 aliphatic heterocycles. The third-order valence-corrected chi connectivity index (χ3v) is 3.87. The number of aryl methyl sites for hydroxylation is 1. The molecule has 0 amide bonds. The van der Waals surface area contributed by atoms with Gasteiger partial charge in [-0.2, -0.15) is 0 Å². The number of benzene rings is 1. The van der Waals surface area contributed by atoms with Gasteiger partial charge in [0.15, 0.2) is 0 Å².